The van der Waals surface area contributed by atoms with Crippen molar-refractivity contribution in [2.24, 2.45) is 0 Å². The first-order chi connectivity index (χ1) is 26.1. The Labute approximate surface area is 323 Å². The highest BCUT2D eigenvalue weighted by molar-refractivity contribution is 8.32. The minimum atomic E-state index is -0.693. The second-order valence-corrected chi connectivity index (χ2v) is 20.1. The molecule has 0 radical (unpaired) electrons. The van der Waals surface area contributed by atoms with Crippen molar-refractivity contribution in [2.45, 2.75) is 19.0 Å². The number of pyridine rings is 1. The van der Waals surface area contributed by atoms with Crippen LogP contribution in [0.3, 0.4) is 0 Å². The summed E-state index contributed by atoms with van der Waals surface area (Å²) in [6.07, 6.45) is 11.5. The molecular weight excluding hydrogens is 703 g/mol. The number of morpholine rings is 1. The van der Waals surface area contributed by atoms with Gasteiger partial charge < -0.3 is 24.0 Å². The summed E-state index contributed by atoms with van der Waals surface area (Å²) in [5.41, 5.74) is 3.89. The van der Waals surface area contributed by atoms with Gasteiger partial charge in [-0.1, -0.05) is 12.1 Å². The number of benzene rings is 1. The molecule has 0 saturated carbocycles. The smallest absolute Gasteiger partial charge is 0.236 e. The van der Waals surface area contributed by atoms with E-state index in [4.69, 9.17) is 29.2 Å². The van der Waals surface area contributed by atoms with E-state index < -0.39 is 10.0 Å². The lowest BCUT2D eigenvalue weighted by molar-refractivity contribution is -0.132. The zero-order valence-corrected chi connectivity index (χ0v) is 33.9. The van der Waals surface area contributed by atoms with Gasteiger partial charge in [-0.2, -0.15) is 0 Å². The maximum atomic E-state index is 13.4. The van der Waals surface area contributed by atoms with Crippen LogP contribution in [0.5, 0.6) is 0 Å². The summed E-state index contributed by atoms with van der Waals surface area (Å²) >= 11 is 0. The van der Waals surface area contributed by atoms with Gasteiger partial charge in [0.15, 0.2) is 0 Å². The van der Waals surface area contributed by atoms with Crippen LogP contribution in [-0.2, 0) is 25.5 Å². The summed E-state index contributed by atoms with van der Waals surface area (Å²) in [7, 11) is 3.27. The molecule has 296 valence electrons. The average molecular weight is 764 g/mol. The largest absolute Gasteiger partial charge is 0.379 e. The Balaban J connectivity index is 1.26. The third-order valence-corrected chi connectivity index (χ3v) is 11.8. The molecule has 8 heterocycles. The lowest BCUT2D eigenvalue weighted by atomic mass is 10.1. The molecule has 2 aromatic heterocycles. The lowest BCUT2D eigenvalue weighted by Gasteiger charge is -2.41. The molecule has 13 nitrogen and oxygen atoms in total. The fraction of sp³-hybridized carbons (Fsp3) is 0.600. The number of amides is 1. The predicted molar refractivity (Wildman–Crippen MR) is 219 cm³/mol. The van der Waals surface area contributed by atoms with Gasteiger partial charge in [0, 0.05) is 108 Å². The molecule has 1 amide bonds. The average Bonchev–Trinajstić information content (AvgIpc) is 3.17. The third-order valence-electron chi connectivity index (χ3n) is 10.4. The van der Waals surface area contributed by atoms with E-state index in [1.165, 1.54) is 5.56 Å². The molecule has 6 aliphatic rings. The van der Waals surface area contributed by atoms with Crippen LogP contribution < -0.4 is 9.80 Å². The van der Waals surface area contributed by atoms with Crippen molar-refractivity contribution in [1.82, 2.24) is 34.6 Å². The van der Waals surface area contributed by atoms with Crippen molar-refractivity contribution in [1.29, 1.82) is 0 Å². The number of carbonyl (C=O) groups excluding carboxylic acids is 1. The number of carbonyl (C=O) groups is 1. The predicted octanol–water partition coefficient (Wildman–Crippen LogP) is 3.48. The third kappa shape index (κ3) is 11.8. The fourth-order valence-corrected chi connectivity index (χ4v) is 7.59. The van der Waals surface area contributed by atoms with Crippen molar-refractivity contribution >= 4 is 33.4 Å². The number of rotatable bonds is 10. The highest BCUT2D eigenvalue weighted by atomic mass is 32.3. The molecule has 54 heavy (non-hydrogen) atoms. The summed E-state index contributed by atoms with van der Waals surface area (Å²) in [4.78, 5) is 41.3. The maximum Gasteiger partial charge on any atom is 0.236 e. The highest BCUT2D eigenvalue weighted by Crippen LogP contribution is 2.34. The first-order valence-electron chi connectivity index (χ1n) is 19.3. The molecule has 2 fully saturated rings. The molecule has 8 bridgehead atoms. The highest BCUT2D eigenvalue weighted by Gasteiger charge is 2.29. The number of hydrogen-bond acceptors (Lipinski definition) is 12. The summed E-state index contributed by atoms with van der Waals surface area (Å²) < 4.78 is 18.2. The Hall–Kier alpha value is -3.37. The van der Waals surface area contributed by atoms with E-state index in [0.717, 1.165) is 101 Å². The first kappa shape index (κ1) is 40.3. The lowest BCUT2D eigenvalue weighted by Crippen LogP contribution is -2.56. The molecule has 3 atom stereocenters. The summed E-state index contributed by atoms with van der Waals surface area (Å²) in [6.45, 7) is 11.8. The van der Waals surface area contributed by atoms with Crippen LogP contribution in [0.2, 0.25) is 0 Å². The van der Waals surface area contributed by atoms with Gasteiger partial charge in [0.2, 0.25) is 11.9 Å². The Morgan fingerprint density at radius 1 is 0.889 bits per heavy atom. The summed E-state index contributed by atoms with van der Waals surface area (Å²) in [6, 6.07) is 14.8. The molecule has 0 N–H and O–H groups in total. The van der Waals surface area contributed by atoms with Crippen LogP contribution in [0.25, 0.3) is 11.3 Å². The van der Waals surface area contributed by atoms with Gasteiger partial charge in [-0.3, -0.25) is 24.4 Å². The van der Waals surface area contributed by atoms with E-state index in [1.54, 1.807) is 0 Å². The van der Waals surface area contributed by atoms with Crippen LogP contribution in [0.1, 0.15) is 12.0 Å². The number of hydrogen-bond donors (Lipinski definition) is 0. The Morgan fingerprint density at radius 2 is 1.72 bits per heavy atom. The van der Waals surface area contributed by atoms with Crippen LogP contribution in [0.15, 0.2) is 54.9 Å². The molecule has 9 rings (SSSR count). The molecular formula is C40H61N9O4S. The van der Waals surface area contributed by atoms with Gasteiger partial charge >= 0.3 is 0 Å². The second kappa shape index (κ2) is 19.5. The Kier molecular flexibility index (Phi) is 14.5. The van der Waals surface area contributed by atoms with Gasteiger partial charge in [0.05, 0.1) is 45.3 Å². The van der Waals surface area contributed by atoms with Gasteiger partial charge in [0.25, 0.3) is 0 Å². The Morgan fingerprint density at radius 3 is 2.52 bits per heavy atom. The van der Waals surface area contributed by atoms with Crippen LogP contribution in [-0.4, -0.2) is 184 Å². The summed E-state index contributed by atoms with van der Waals surface area (Å²) in [5, 5.41) is 0. The molecule has 3 unspecified atom stereocenters. The second-order valence-electron chi connectivity index (χ2n) is 15.6. The van der Waals surface area contributed by atoms with E-state index in [-0.39, 0.29) is 11.9 Å². The van der Waals surface area contributed by atoms with Crippen molar-refractivity contribution in [3.05, 3.63) is 60.4 Å². The van der Waals surface area contributed by atoms with Crippen LogP contribution >= 0.6 is 10.0 Å². The molecule has 0 spiro atoms. The van der Waals surface area contributed by atoms with Crippen molar-refractivity contribution in [3.8, 4) is 11.3 Å². The number of likely N-dealkylation sites (N-methyl/N-ethyl adjacent to an activating group) is 1. The quantitative estimate of drug-likeness (QED) is 0.283. The molecule has 0 aliphatic carbocycles. The zero-order valence-electron chi connectivity index (χ0n) is 33.1. The minimum Gasteiger partial charge on any atom is -0.379 e. The van der Waals surface area contributed by atoms with Gasteiger partial charge in [-0.15, -0.1) is 0 Å². The SMILES string of the molecule is CN1CCCN(C)c2ccc(cn2)-c2ccnc(n2)N(COCCS(C)(C)C)c2cccc(c2)CN2CCN(CC1=O)CC2COCCN1CCOCC1. The van der Waals surface area contributed by atoms with E-state index in [9.17, 15) is 4.79 Å². The minimum absolute atomic E-state index is 0.150. The summed E-state index contributed by atoms with van der Waals surface area (Å²) in [5.74, 6) is 2.64. The topological polar surface area (TPSA) is 103 Å². The zero-order chi connectivity index (χ0) is 37.9. The van der Waals surface area contributed by atoms with Crippen LogP contribution in [0, 0.1) is 0 Å². The number of aromatic nitrogens is 3. The van der Waals surface area contributed by atoms with E-state index in [2.05, 4.69) is 73.6 Å². The van der Waals surface area contributed by atoms with E-state index in [1.807, 2.05) is 43.5 Å². The van der Waals surface area contributed by atoms with Gasteiger partial charge in [-0.25, -0.2) is 25.0 Å². The monoisotopic (exact) mass is 763 g/mol. The number of piperazine rings is 1. The fourth-order valence-electron chi connectivity index (χ4n) is 6.97. The molecule has 6 aliphatic heterocycles. The Bertz CT molecular complexity index is 1620. The van der Waals surface area contributed by atoms with E-state index in [0.29, 0.717) is 45.6 Å². The number of anilines is 3. The normalized spacial score (nSPS) is 22.5. The van der Waals surface area contributed by atoms with E-state index >= 15 is 0 Å². The van der Waals surface area contributed by atoms with Crippen LogP contribution in [0.4, 0.5) is 17.5 Å². The molecule has 14 heteroatoms. The van der Waals surface area contributed by atoms with Crippen molar-refractivity contribution in [3.63, 3.8) is 0 Å². The molecule has 2 saturated heterocycles. The molecule has 1 aromatic carbocycles. The maximum absolute atomic E-state index is 13.4. The van der Waals surface area contributed by atoms with Crippen molar-refractivity contribution < 1.29 is 19.0 Å². The number of ether oxygens (including phenoxy) is 3. The number of nitrogens with zero attached hydrogens (tertiary/aromatic N) is 9. The standard InChI is InChI=1S/C40H61N9O4S/c1-44-14-7-15-45(2)39(50)30-47-16-17-48(36(29-47)31-52-23-20-46-18-21-51-22-19-46)28-33-8-6-9-35(26-33)49(32-53-24-25-54(3,4)5)40-41-13-12-37(43-40)34-10-11-38(44)42-27-34/h6,8-13,26-27,36H,7,14-25,28-32H2,1-5H3. The molecule has 3 aromatic rings. The van der Waals surface area contributed by atoms with Gasteiger partial charge in [-0.05, 0) is 61.1 Å². The first-order valence-corrected chi connectivity index (χ1v) is 22.3. The van der Waals surface area contributed by atoms with Crippen molar-refractivity contribution in [2.75, 3.05) is 147 Å². The van der Waals surface area contributed by atoms with Gasteiger partial charge in [0.1, 0.15) is 12.5 Å².